The van der Waals surface area contributed by atoms with Crippen molar-refractivity contribution >= 4 is 5.97 Å². The van der Waals surface area contributed by atoms with Crippen LogP contribution in [0.25, 0.3) is 11.1 Å². The second-order valence-electron chi connectivity index (χ2n) is 3.93. The Morgan fingerprint density at radius 3 is 2.60 bits per heavy atom. The number of benzene rings is 2. The zero-order valence-electron chi connectivity index (χ0n) is 10.3. The molecule has 1 N–H and O–H groups in total. The van der Waals surface area contributed by atoms with Gasteiger partial charge in [0.05, 0.1) is 6.26 Å². The van der Waals surface area contributed by atoms with Crippen LogP contribution < -0.4 is 0 Å². The molecule has 0 atom stereocenters. The lowest BCUT2D eigenvalue weighted by Gasteiger charge is -2.07. The molecule has 0 unspecified atom stereocenters. The Hall–Kier alpha value is -2.69. The molecule has 20 heavy (non-hydrogen) atoms. The molecule has 0 fully saturated rings. The smallest absolute Gasteiger partial charge is 0.346 e. The number of hydrogen-bond donors (Lipinski definition) is 1. The normalized spacial score (nSPS) is 10.1. The van der Waals surface area contributed by atoms with Crippen LogP contribution in [0, 0.1) is 11.6 Å². The summed E-state index contributed by atoms with van der Waals surface area (Å²) in [6, 6.07) is 7.00. The highest BCUT2D eigenvalue weighted by molar-refractivity contribution is 5.94. The molecule has 0 spiro atoms. The summed E-state index contributed by atoms with van der Waals surface area (Å²) in [5.41, 5.74) is 0.293. The van der Waals surface area contributed by atoms with Crippen molar-refractivity contribution < 1.29 is 23.4 Å². The van der Waals surface area contributed by atoms with Gasteiger partial charge in [0.15, 0.2) is 0 Å². The van der Waals surface area contributed by atoms with Gasteiger partial charge in [-0.25, -0.2) is 13.6 Å². The van der Waals surface area contributed by atoms with E-state index in [0.717, 1.165) is 18.4 Å². The van der Waals surface area contributed by atoms with E-state index in [4.69, 9.17) is 0 Å². The van der Waals surface area contributed by atoms with Crippen molar-refractivity contribution in [2.45, 2.75) is 0 Å². The summed E-state index contributed by atoms with van der Waals surface area (Å²) in [6.07, 6.45) is 0.924. The number of hydrogen-bond acceptors (Lipinski definition) is 3. The molecule has 0 heterocycles. The summed E-state index contributed by atoms with van der Waals surface area (Å²) in [5, 5.41) is 9.60. The zero-order chi connectivity index (χ0) is 14.7. The van der Waals surface area contributed by atoms with Crippen LogP contribution in [-0.2, 0) is 4.74 Å². The average molecular weight is 276 g/mol. The minimum Gasteiger partial charge on any atom is -0.507 e. The monoisotopic (exact) mass is 276 g/mol. The fourth-order valence-corrected chi connectivity index (χ4v) is 1.73. The second-order valence-corrected chi connectivity index (χ2v) is 3.93. The van der Waals surface area contributed by atoms with Crippen LogP contribution in [0.4, 0.5) is 8.78 Å². The van der Waals surface area contributed by atoms with Gasteiger partial charge in [-0.2, -0.15) is 0 Å². The van der Waals surface area contributed by atoms with Crippen molar-refractivity contribution in [3.63, 3.8) is 0 Å². The molecule has 0 aliphatic heterocycles. The third-order valence-electron chi connectivity index (χ3n) is 2.65. The van der Waals surface area contributed by atoms with Gasteiger partial charge in [-0.3, -0.25) is 0 Å². The van der Waals surface area contributed by atoms with E-state index in [-0.39, 0.29) is 16.9 Å². The van der Waals surface area contributed by atoms with E-state index in [9.17, 15) is 18.7 Å². The van der Waals surface area contributed by atoms with Crippen LogP contribution >= 0.6 is 0 Å². The van der Waals surface area contributed by atoms with E-state index in [1.54, 1.807) is 0 Å². The summed E-state index contributed by atoms with van der Waals surface area (Å²) in [4.78, 5) is 11.6. The zero-order valence-corrected chi connectivity index (χ0v) is 10.3. The Labute approximate surface area is 113 Å². The third-order valence-corrected chi connectivity index (χ3v) is 2.65. The molecule has 2 aromatic carbocycles. The van der Waals surface area contributed by atoms with Crippen LogP contribution in [0.3, 0.4) is 0 Å². The Kier molecular flexibility index (Phi) is 3.79. The highest BCUT2D eigenvalue weighted by Gasteiger charge is 2.15. The highest BCUT2D eigenvalue weighted by atomic mass is 19.1. The van der Waals surface area contributed by atoms with Gasteiger partial charge in [0.1, 0.15) is 22.9 Å². The molecule has 0 aromatic heterocycles. The van der Waals surface area contributed by atoms with Gasteiger partial charge in [0.2, 0.25) is 0 Å². The first-order chi connectivity index (χ1) is 9.52. The van der Waals surface area contributed by atoms with E-state index in [1.807, 2.05) is 0 Å². The van der Waals surface area contributed by atoms with E-state index < -0.39 is 17.6 Å². The fourth-order valence-electron chi connectivity index (χ4n) is 1.73. The molecule has 2 rings (SSSR count). The van der Waals surface area contributed by atoms with Crippen LogP contribution in [0.15, 0.2) is 49.2 Å². The number of carbonyl (C=O) groups excluding carboxylic acids is 1. The third kappa shape index (κ3) is 2.66. The van der Waals surface area contributed by atoms with E-state index in [1.165, 1.54) is 24.3 Å². The van der Waals surface area contributed by atoms with Gasteiger partial charge in [-0.1, -0.05) is 12.6 Å². The predicted molar refractivity (Wildman–Crippen MR) is 69.1 cm³/mol. The van der Waals surface area contributed by atoms with E-state index in [2.05, 4.69) is 11.3 Å². The van der Waals surface area contributed by atoms with Crippen molar-refractivity contribution in [1.29, 1.82) is 0 Å². The maximum absolute atomic E-state index is 13.7. The lowest BCUT2D eigenvalue weighted by Crippen LogP contribution is -2.01. The molecule has 5 heteroatoms. The van der Waals surface area contributed by atoms with E-state index >= 15 is 0 Å². The molecular formula is C15H10F2O3. The lowest BCUT2D eigenvalue weighted by atomic mass is 10.0. The standard InChI is InChI=1S/C15H10F2O3/c1-2-20-15(19)12-7-9(3-6-14(12)18)11-5-4-10(16)8-13(11)17/h2-8,18H,1H2. The first-order valence-corrected chi connectivity index (χ1v) is 5.63. The van der Waals surface area contributed by atoms with Gasteiger partial charge in [-0.05, 0) is 29.8 Å². The molecular weight excluding hydrogens is 266 g/mol. The number of rotatable bonds is 3. The molecule has 3 nitrogen and oxygen atoms in total. The maximum Gasteiger partial charge on any atom is 0.346 e. The van der Waals surface area contributed by atoms with Gasteiger partial charge >= 0.3 is 5.97 Å². The molecule has 102 valence electrons. The van der Waals surface area contributed by atoms with Crippen LogP contribution in [-0.4, -0.2) is 11.1 Å². The number of phenolic OH excluding ortho intramolecular Hbond substituents is 1. The number of phenols is 1. The molecule has 0 amide bonds. The Morgan fingerprint density at radius 2 is 1.95 bits per heavy atom. The summed E-state index contributed by atoms with van der Waals surface area (Å²) >= 11 is 0. The van der Waals surface area contributed by atoms with Crippen molar-refractivity contribution in [2.24, 2.45) is 0 Å². The Bertz CT molecular complexity index is 681. The highest BCUT2D eigenvalue weighted by Crippen LogP contribution is 2.28. The summed E-state index contributed by atoms with van der Waals surface area (Å²) in [5.74, 6) is -2.58. The predicted octanol–water partition coefficient (Wildman–Crippen LogP) is 3.64. The van der Waals surface area contributed by atoms with Gasteiger partial charge in [0.25, 0.3) is 0 Å². The minimum atomic E-state index is -0.818. The van der Waals surface area contributed by atoms with Crippen LogP contribution in [0.1, 0.15) is 10.4 Å². The average Bonchev–Trinajstić information content (AvgIpc) is 2.40. The molecule has 0 aliphatic carbocycles. The second kappa shape index (κ2) is 5.52. The van der Waals surface area contributed by atoms with Crippen molar-refractivity contribution in [2.75, 3.05) is 0 Å². The number of esters is 1. The SMILES string of the molecule is C=COC(=O)c1cc(-c2ccc(F)cc2F)ccc1O. The number of ether oxygens (including phenoxy) is 1. The molecule has 0 saturated carbocycles. The maximum atomic E-state index is 13.7. The van der Waals surface area contributed by atoms with Crippen LogP contribution in [0.2, 0.25) is 0 Å². The van der Waals surface area contributed by atoms with E-state index in [0.29, 0.717) is 5.56 Å². The van der Waals surface area contributed by atoms with Crippen molar-refractivity contribution in [3.8, 4) is 16.9 Å². The Balaban J connectivity index is 2.50. The summed E-state index contributed by atoms with van der Waals surface area (Å²) in [7, 11) is 0. The topological polar surface area (TPSA) is 46.5 Å². The number of halogens is 2. The van der Waals surface area contributed by atoms with Crippen molar-refractivity contribution in [3.05, 3.63) is 66.4 Å². The molecule has 0 bridgehead atoms. The first kappa shape index (κ1) is 13.7. The molecule has 0 aliphatic rings. The number of carbonyl (C=O) groups is 1. The van der Waals surface area contributed by atoms with Gasteiger partial charge < -0.3 is 9.84 Å². The molecule has 0 radical (unpaired) electrons. The van der Waals surface area contributed by atoms with Gasteiger partial charge in [0, 0.05) is 11.6 Å². The van der Waals surface area contributed by atoms with Gasteiger partial charge in [-0.15, -0.1) is 0 Å². The Morgan fingerprint density at radius 1 is 1.20 bits per heavy atom. The quantitative estimate of drug-likeness (QED) is 0.687. The largest absolute Gasteiger partial charge is 0.507 e. The lowest BCUT2D eigenvalue weighted by molar-refractivity contribution is 0.0661. The molecule has 2 aromatic rings. The minimum absolute atomic E-state index is 0.110. The first-order valence-electron chi connectivity index (χ1n) is 5.63. The molecule has 0 saturated heterocycles. The summed E-state index contributed by atoms with van der Waals surface area (Å²) in [6.45, 7) is 3.23. The fraction of sp³-hybridized carbons (Fsp3) is 0. The number of aromatic hydroxyl groups is 1. The van der Waals surface area contributed by atoms with Crippen molar-refractivity contribution in [1.82, 2.24) is 0 Å². The summed E-state index contributed by atoms with van der Waals surface area (Å²) < 4.78 is 31.1. The van der Waals surface area contributed by atoms with Crippen LogP contribution in [0.5, 0.6) is 5.75 Å².